The summed E-state index contributed by atoms with van der Waals surface area (Å²) >= 11 is 0. The molecule has 2 fully saturated rings. The van der Waals surface area contributed by atoms with E-state index in [-0.39, 0.29) is 6.29 Å². The normalized spacial score (nSPS) is 35.8. The minimum atomic E-state index is -0.0736. The second-order valence-electron chi connectivity index (χ2n) is 7.72. The molecule has 0 unspecified atom stereocenters. The molecule has 1 heterocycles. The summed E-state index contributed by atoms with van der Waals surface area (Å²) in [5.41, 5.74) is 2.74. The average molecular weight is 306 g/mol. The van der Waals surface area contributed by atoms with Crippen LogP contribution in [0.2, 0.25) is 0 Å². The maximum Gasteiger partial charge on any atom is 0.180 e. The predicted molar refractivity (Wildman–Crippen MR) is 92.7 cm³/mol. The van der Waals surface area contributed by atoms with Gasteiger partial charge < -0.3 is 9.47 Å². The zero-order valence-corrected chi connectivity index (χ0v) is 14.9. The second kappa shape index (κ2) is 8.88. The predicted octanol–water partition coefficient (Wildman–Crippen LogP) is 5.49. The van der Waals surface area contributed by atoms with Crippen molar-refractivity contribution in [1.82, 2.24) is 0 Å². The number of hydrogen-bond acceptors (Lipinski definition) is 2. The van der Waals surface area contributed by atoms with Gasteiger partial charge >= 0.3 is 0 Å². The maximum absolute atomic E-state index is 5.65. The molecule has 0 aromatic rings. The van der Waals surface area contributed by atoms with Crippen molar-refractivity contribution in [2.45, 2.75) is 72.5 Å². The van der Waals surface area contributed by atoms with Crippen LogP contribution in [-0.4, -0.2) is 19.5 Å². The van der Waals surface area contributed by atoms with E-state index in [9.17, 15) is 0 Å². The van der Waals surface area contributed by atoms with Crippen LogP contribution in [0.15, 0.2) is 23.3 Å². The smallest absolute Gasteiger partial charge is 0.180 e. The van der Waals surface area contributed by atoms with E-state index in [2.05, 4.69) is 39.8 Å². The molecule has 0 atom stereocenters. The molecule has 0 radical (unpaired) electrons. The van der Waals surface area contributed by atoms with Crippen LogP contribution >= 0.6 is 0 Å². The van der Waals surface area contributed by atoms with Crippen LogP contribution < -0.4 is 0 Å². The Morgan fingerprint density at radius 3 is 1.77 bits per heavy atom. The van der Waals surface area contributed by atoms with Crippen molar-refractivity contribution in [1.29, 1.82) is 0 Å². The second-order valence-corrected chi connectivity index (χ2v) is 7.72. The molecule has 2 nitrogen and oxygen atoms in total. The SMILES string of the molecule is CC1=CC=C(C2OCC(C)CO2)CC1.CC1CCC(C)CC1. The van der Waals surface area contributed by atoms with E-state index in [4.69, 9.17) is 9.47 Å². The van der Waals surface area contributed by atoms with Gasteiger partial charge in [0.1, 0.15) is 0 Å². The summed E-state index contributed by atoms with van der Waals surface area (Å²) in [6, 6.07) is 0. The van der Waals surface area contributed by atoms with E-state index in [1.54, 1.807) is 0 Å². The molecule has 3 rings (SSSR count). The summed E-state index contributed by atoms with van der Waals surface area (Å²) in [5.74, 6) is 2.57. The lowest BCUT2D eigenvalue weighted by atomic mass is 9.84. The van der Waals surface area contributed by atoms with Crippen LogP contribution in [0.5, 0.6) is 0 Å². The van der Waals surface area contributed by atoms with Crippen molar-refractivity contribution in [2.75, 3.05) is 13.2 Å². The van der Waals surface area contributed by atoms with Crippen LogP contribution in [-0.2, 0) is 9.47 Å². The third-order valence-electron chi connectivity index (χ3n) is 5.06. The fraction of sp³-hybridized carbons (Fsp3) is 0.800. The summed E-state index contributed by atoms with van der Waals surface area (Å²) in [5, 5.41) is 0. The highest BCUT2D eigenvalue weighted by Gasteiger charge is 2.23. The Hall–Kier alpha value is -0.600. The molecule has 0 amide bonds. The summed E-state index contributed by atoms with van der Waals surface area (Å²) in [6.07, 6.45) is 12.4. The third kappa shape index (κ3) is 5.89. The van der Waals surface area contributed by atoms with Crippen molar-refractivity contribution in [3.63, 3.8) is 0 Å². The van der Waals surface area contributed by atoms with Crippen molar-refractivity contribution < 1.29 is 9.47 Å². The van der Waals surface area contributed by atoms with Gasteiger partial charge in [0.2, 0.25) is 0 Å². The van der Waals surface area contributed by atoms with Gasteiger partial charge in [-0.3, -0.25) is 0 Å². The molecular weight excluding hydrogens is 272 g/mol. The largest absolute Gasteiger partial charge is 0.348 e. The standard InChI is InChI=1S/C12H18O2.C8H16/c1-9-3-5-11(6-4-9)12-13-7-10(2)8-14-12;1-7-3-5-8(2)6-4-7/h3,5,10,12H,4,6-8H2,1-2H3;7-8H,3-6H2,1-2H3. The minimum Gasteiger partial charge on any atom is -0.348 e. The minimum absolute atomic E-state index is 0.0736. The summed E-state index contributed by atoms with van der Waals surface area (Å²) in [6.45, 7) is 10.7. The van der Waals surface area contributed by atoms with Gasteiger partial charge in [-0.25, -0.2) is 0 Å². The first-order valence-electron chi connectivity index (χ1n) is 9.14. The molecule has 3 aliphatic rings. The van der Waals surface area contributed by atoms with Gasteiger partial charge in [0.05, 0.1) is 13.2 Å². The Kier molecular flexibility index (Phi) is 7.17. The van der Waals surface area contributed by atoms with E-state index >= 15 is 0 Å². The molecule has 1 saturated heterocycles. The van der Waals surface area contributed by atoms with Crippen LogP contribution in [0.4, 0.5) is 0 Å². The number of hydrogen-bond donors (Lipinski definition) is 0. The fourth-order valence-corrected chi connectivity index (χ4v) is 3.19. The maximum atomic E-state index is 5.65. The first kappa shape index (κ1) is 17.7. The van der Waals surface area contributed by atoms with Crippen molar-refractivity contribution >= 4 is 0 Å². The molecule has 2 heteroatoms. The Morgan fingerprint density at radius 2 is 1.32 bits per heavy atom. The lowest BCUT2D eigenvalue weighted by molar-refractivity contribution is -0.178. The highest BCUT2D eigenvalue weighted by Crippen LogP contribution is 2.27. The highest BCUT2D eigenvalue weighted by atomic mass is 16.7. The molecule has 0 aromatic heterocycles. The van der Waals surface area contributed by atoms with E-state index in [1.165, 1.54) is 36.8 Å². The molecular formula is C20H34O2. The van der Waals surface area contributed by atoms with Gasteiger partial charge in [-0.15, -0.1) is 0 Å². The Morgan fingerprint density at radius 1 is 0.773 bits per heavy atom. The third-order valence-corrected chi connectivity index (χ3v) is 5.06. The monoisotopic (exact) mass is 306 g/mol. The summed E-state index contributed by atoms with van der Waals surface area (Å²) in [4.78, 5) is 0. The summed E-state index contributed by atoms with van der Waals surface area (Å²) < 4.78 is 11.3. The van der Waals surface area contributed by atoms with Crippen LogP contribution in [0.25, 0.3) is 0 Å². The molecule has 0 bridgehead atoms. The van der Waals surface area contributed by atoms with E-state index in [0.717, 1.165) is 37.9 Å². The molecule has 0 aromatic carbocycles. The topological polar surface area (TPSA) is 18.5 Å². The highest BCUT2D eigenvalue weighted by molar-refractivity contribution is 5.24. The lowest BCUT2D eigenvalue weighted by Crippen LogP contribution is -2.32. The zero-order chi connectivity index (χ0) is 15.9. The fourth-order valence-electron chi connectivity index (χ4n) is 3.19. The summed E-state index contributed by atoms with van der Waals surface area (Å²) in [7, 11) is 0. The van der Waals surface area contributed by atoms with Crippen LogP contribution in [0, 0.1) is 17.8 Å². The molecule has 126 valence electrons. The van der Waals surface area contributed by atoms with Gasteiger partial charge in [0, 0.05) is 5.92 Å². The van der Waals surface area contributed by atoms with Gasteiger partial charge in [-0.2, -0.15) is 0 Å². The van der Waals surface area contributed by atoms with Crippen molar-refractivity contribution in [3.8, 4) is 0 Å². The van der Waals surface area contributed by atoms with Crippen LogP contribution in [0.1, 0.15) is 66.2 Å². The van der Waals surface area contributed by atoms with E-state index < -0.39 is 0 Å². The first-order chi connectivity index (χ1) is 10.5. The molecule has 22 heavy (non-hydrogen) atoms. The Bertz CT molecular complexity index is 371. The van der Waals surface area contributed by atoms with E-state index in [0.29, 0.717) is 5.92 Å². The van der Waals surface area contributed by atoms with Gasteiger partial charge in [-0.05, 0) is 37.2 Å². The number of ether oxygens (including phenoxy) is 2. The molecule has 0 spiro atoms. The molecule has 2 aliphatic carbocycles. The van der Waals surface area contributed by atoms with Gasteiger partial charge in [0.25, 0.3) is 0 Å². The van der Waals surface area contributed by atoms with Gasteiger partial charge in [0.15, 0.2) is 6.29 Å². The van der Waals surface area contributed by atoms with Crippen molar-refractivity contribution in [2.24, 2.45) is 17.8 Å². The van der Waals surface area contributed by atoms with Crippen molar-refractivity contribution in [3.05, 3.63) is 23.3 Å². The molecule has 0 N–H and O–H groups in total. The Labute approximate surface area is 137 Å². The molecule has 1 saturated carbocycles. The average Bonchev–Trinajstić information content (AvgIpc) is 2.53. The number of allylic oxidation sites excluding steroid dienone is 3. The number of rotatable bonds is 1. The lowest BCUT2D eigenvalue weighted by Gasteiger charge is -2.30. The molecule has 1 aliphatic heterocycles. The Balaban J connectivity index is 0.000000188. The van der Waals surface area contributed by atoms with E-state index in [1.807, 2.05) is 0 Å². The quantitative estimate of drug-likeness (QED) is 0.637. The first-order valence-corrected chi connectivity index (χ1v) is 9.14. The van der Waals surface area contributed by atoms with Gasteiger partial charge in [-0.1, -0.05) is 64.2 Å². The van der Waals surface area contributed by atoms with Crippen LogP contribution in [0.3, 0.4) is 0 Å². The zero-order valence-electron chi connectivity index (χ0n) is 14.9.